The van der Waals surface area contributed by atoms with Crippen LogP contribution in [-0.4, -0.2) is 17.1 Å². The molecule has 1 amide bonds. The van der Waals surface area contributed by atoms with Crippen molar-refractivity contribution in [2.45, 2.75) is 25.9 Å². The van der Waals surface area contributed by atoms with E-state index in [2.05, 4.69) is 5.32 Å². The Hall–Kier alpha value is -1.26. The van der Waals surface area contributed by atoms with Crippen molar-refractivity contribution < 1.29 is 9.90 Å². The molecule has 1 rings (SSSR count). The fraction of sp³-hybridized carbons (Fsp3) is 0.364. The van der Waals surface area contributed by atoms with Crippen molar-refractivity contribution in [1.82, 2.24) is 5.32 Å². The first-order chi connectivity index (χ1) is 7.00. The molecule has 0 aliphatic carbocycles. The van der Waals surface area contributed by atoms with Crippen molar-refractivity contribution in [2.75, 3.05) is 0 Å². The van der Waals surface area contributed by atoms with Gasteiger partial charge in [-0.15, -0.1) is 12.4 Å². The van der Waals surface area contributed by atoms with Crippen LogP contribution in [0.15, 0.2) is 24.3 Å². The number of phenolic OH excluding ortho intramolecular Hbond substituents is 1. The van der Waals surface area contributed by atoms with Gasteiger partial charge in [-0.2, -0.15) is 0 Å². The zero-order valence-electron chi connectivity index (χ0n) is 9.31. The number of carbonyl (C=O) groups excluding carboxylic acids is 1. The van der Waals surface area contributed by atoms with E-state index in [-0.39, 0.29) is 30.1 Å². The molecule has 0 saturated heterocycles. The lowest BCUT2D eigenvalue weighted by molar-refractivity contribution is -0.122. The Morgan fingerprint density at radius 3 is 2.56 bits per heavy atom. The van der Waals surface area contributed by atoms with E-state index in [9.17, 15) is 9.90 Å². The summed E-state index contributed by atoms with van der Waals surface area (Å²) in [5, 5.41) is 12.0. The number of phenols is 1. The van der Waals surface area contributed by atoms with Crippen LogP contribution in [0.25, 0.3) is 0 Å². The fourth-order valence-electron chi connectivity index (χ4n) is 1.22. The van der Waals surface area contributed by atoms with Gasteiger partial charge in [-0.3, -0.25) is 4.79 Å². The monoisotopic (exact) mass is 244 g/mol. The summed E-state index contributed by atoms with van der Waals surface area (Å²) in [7, 11) is 0. The van der Waals surface area contributed by atoms with Gasteiger partial charge in [0.15, 0.2) is 0 Å². The third-order valence-electron chi connectivity index (χ3n) is 2.14. The lowest BCUT2D eigenvalue weighted by Gasteiger charge is -2.15. The molecule has 2 unspecified atom stereocenters. The van der Waals surface area contributed by atoms with Crippen molar-refractivity contribution in [3.8, 4) is 5.75 Å². The molecule has 0 spiro atoms. The van der Waals surface area contributed by atoms with Gasteiger partial charge in [0.05, 0.1) is 12.1 Å². The van der Waals surface area contributed by atoms with Crippen LogP contribution in [0.5, 0.6) is 5.75 Å². The topological polar surface area (TPSA) is 75.4 Å². The summed E-state index contributed by atoms with van der Waals surface area (Å²) >= 11 is 0. The maximum atomic E-state index is 11.3. The van der Waals surface area contributed by atoms with E-state index < -0.39 is 6.04 Å². The van der Waals surface area contributed by atoms with Gasteiger partial charge in [0.2, 0.25) is 5.91 Å². The second-order valence-electron chi connectivity index (χ2n) is 3.61. The van der Waals surface area contributed by atoms with Crippen molar-refractivity contribution in [2.24, 2.45) is 5.73 Å². The Bertz CT molecular complexity index is 356. The molecule has 0 heterocycles. The maximum absolute atomic E-state index is 11.3. The summed E-state index contributed by atoms with van der Waals surface area (Å²) in [6.45, 7) is 3.47. The van der Waals surface area contributed by atoms with Crippen molar-refractivity contribution in [1.29, 1.82) is 0 Å². The molecular weight excluding hydrogens is 228 g/mol. The third kappa shape index (κ3) is 4.08. The summed E-state index contributed by atoms with van der Waals surface area (Å²) in [5.74, 6) is -0.0137. The highest BCUT2D eigenvalue weighted by molar-refractivity contribution is 5.85. The van der Waals surface area contributed by atoms with Gasteiger partial charge >= 0.3 is 0 Å². The van der Waals surface area contributed by atoms with E-state index in [0.717, 1.165) is 5.56 Å². The quantitative estimate of drug-likeness (QED) is 0.751. The van der Waals surface area contributed by atoms with Crippen molar-refractivity contribution in [3.63, 3.8) is 0 Å². The molecule has 1 aromatic rings. The van der Waals surface area contributed by atoms with E-state index in [1.54, 1.807) is 25.1 Å². The molecule has 4 N–H and O–H groups in total. The van der Waals surface area contributed by atoms with Crippen LogP contribution in [0.3, 0.4) is 0 Å². The highest BCUT2D eigenvalue weighted by atomic mass is 35.5. The van der Waals surface area contributed by atoms with E-state index >= 15 is 0 Å². The van der Waals surface area contributed by atoms with Gasteiger partial charge in [-0.1, -0.05) is 12.1 Å². The Morgan fingerprint density at radius 2 is 2.06 bits per heavy atom. The number of carbonyl (C=O) groups is 1. The van der Waals surface area contributed by atoms with Gasteiger partial charge < -0.3 is 16.2 Å². The van der Waals surface area contributed by atoms with Gasteiger partial charge in [0, 0.05) is 0 Å². The summed E-state index contributed by atoms with van der Waals surface area (Å²) in [6.07, 6.45) is 0. The molecule has 0 bridgehead atoms. The molecule has 0 aromatic heterocycles. The van der Waals surface area contributed by atoms with E-state index in [4.69, 9.17) is 5.73 Å². The number of benzene rings is 1. The lowest BCUT2D eigenvalue weighted by Crippen LogP contribution is -2.39. The summed E-state index contributed by atoms with van der Waals surface area (Å²) in [6, 6.07) is 6.10. The van der Waals surface area contributed by atoms with Gasteiger partial charge in [0.1, 0.15) is 5.75 Å². The SMILES string of the molecule is CC(N)C(=O)NC(C)c1cccc(O)c1.Cl. The minimum absolute atomic E-state index is 0. The highest BCUT2D eigenvalue weighted by Gasteiger charge is 2.12. The summed E-state index contributed by atoms with van der Waals surface area (Å²) < 4.78 is 0. The number of hydrogen-bond acceptors (Lipinski definition) is 3. The highest BCUT2D eigenvalue weighted by Crippen LogP contribution is 2.17. The number of hydrogen-bond donors (Lipinski definition) is 3. The zero-order valence-corrected chi connectivity index (χ0v) is 10.1. The van der Waals surface area contributed by atoms with Gasteiger partial charge in [-0.25, -0.2) is 0 Å². The standard InChI is InChI=1S/C11H16N2O2.ClH/c1-7(12)11(15)13-8(2)9-4-3-5-10(14)6-9;/h3-8,14H,12H2,1-2H3,(H,13,15);1H. The summed E-state index contributed by atoms with van der Waals surface area (Å²) in [4.78, 5) is 11.3. The predicted octanol–water partition coefficient (Wildman–Crippen LogP) is 1.34. The molecule has 90 valence electrons. The molecule has 5 heteroatoms. The maximum Gasteiger partial charge on any atom is 0.237 e. The summed E-state index contributed by atoms with van der Waals surface area (Å²) in [5.41, 5.74) is 6.28. The molecule has 0 aliphatic rings. The van der Waals surface area contributed by atoms with Crippen molar-refractivity contribution in [3.05, 3.63) is 29.8 Å². The average molecular weight is 245 g/mol. The van der Waals surface area contributed by atoms with E-state index in [1.807, 2.05) is 13.0 Å². The number of nitrogens with one attached hydrogen (secondary N) is 1. The van der Waals surface area contributed by atoms with Crippen LogP contribution in [0.1, 0.15) is 25.5 Å². The minimum atomic E-state index is -0.523. The molecule has 1 aromatic carbocycles. The average Bonchev–Trinajstić information content (AvgIpc) is 2.17. The van der Waals surface area contributed by atoms with Gasteiger partial charge in [-0.05, 0) is 31.5 Å². The van der Waals surface area contributed by atoms with Crippen molar-refractivity contribution >= 4 is 18.3 Å². The number of rotatable bonds is 3. The molecule has 0 aliphatic heterocycles. The number of amides is 1. The molecule has 0 saturated carbocycles. The molecule has 0 radical (unpaired) electrons. The van der Waals surface area contributed by atoms with Crippen LogP contribution < -0.4 is 11.1 Å². The number of nitrogens with two attached hydrogens (primary N) is 1. The van der Waals surface area contributed by atoms with Crippen LogP contribution >= 0.6 is 12.4 Å². The fourth-order valence-corrected chi connectivity index (χ4v) is 1.22. The Kier molecular flexibility index (Phi) is 5.85. The van der Waals surface area contributed by atoms with Crippen LogP contribution in [0.4, 0.5) is 0 Å². The third-order valence-corrected chi connectivity index (χ3v) is 2.14. The predicted molar refractivity (Wildman–Crippen MR) is 65.6 cm³/mol. The van der Waals surface area contributed by atoms with E-state index in [0.29, 0.717) is 0 Å². The second-order valence-corrected chi connectivity index (χ2v) is 3.61. The first-order valence-electron chi connectivity index (χ1n) is 4.85. The van der Waals surface area contributed by atoms with Crippen LogP contribution in [0.2, 0.25) is 0 Å². The molecule has 0 fully saturated rings. The van der Waals surface area contributed by atoms with Crippen LogP contribution in [-0.2, 0) is 4.79 Å². The molecule has 4 nitrogen and oxygen atoms in total. The Labute approximate surface area is 101 Å². The Balaban J connectivity index is 0.00000225. The lowest BCUT2D eigenvalue weighted by atomic mass is 10.1. The first kappa shape index (κ1) is 14.7. The largest absolute Gasteiger partial charge is 0.508 e. The molecular formula is C11H17ClN2O2. The van der Waals surface area contributed by atoms with Crippen LogP contribution in [0, 0.1) is 0 Å². The molecule has 2 atom stereocenters. The Morgan fingerprint density at radius 1 is 1.44 bits per heavy atom. The zero-order chi connectivity index (χ0) is 11.4. The molecule has 16 heavy (non-hydrogen) atoms. The van der Waals surface area contributed by atoms with E-state index in [1.165, 1.54) is 0 Å². The first-order valence-corrected chi connectivity index (χ1v) is 4.85. The smallest absolute Gasteiger partial charge is 0.237 e. The number of aromatic hydroxyl groups is 1. The number of halogens is 1. The van der Waals surface area contributed by atoms with Gasteiger partial charge in [0.25, 0.3) is 0 Å². The minimum Gasteiger partial charge on any atom is -0.508 e. The normalized spacial score (nSPS) is 13.4. The second kappa shape index (κ2) is 6.35.